The summed E-state index contributed by atoms with van der Waals surface area (Å²) in [5, 5.41) is 10.1. The maximum Gasteiger partial charge on any atom is 0.315 e. The number of halogens is 1. The molecule has 7 nitrogen and oxygen atoms in total. The van der Waals surface area contributed by atoms with E-state index < -0.39 is 0 Å². The quantitative estimate of drug-likeness (QED) is 0.844. The summed E-state index contributed by atoms with van der Waals surface area (Å²) in [6, 6.07) is 5.15. The first-order valence-corrected chi connectivity index (χ1v) is 7.15. The van der Waals surface area contributed by atoms with Gasteiger partial charge in [0.25, 0.3) is 0 Å². The summed E-state index contributed by atoms with van der Waals surface area (Å²) in [6.45, 7) is 0.796. The van der Waals surface area contributed by atoms with Crippen LogP contribution in [-0.4, -0.2) is 34.5 Å². The van der Waals surface area contributed by atoms with Gasteiger partial charge in [-0.3, -0.25) is 4.68 Å². The second-order valence-electron chi connectivity index (χ2n) is 4.62. The summed E-state index contributed by atoms with van der Waals surface area (Å²) in [4.78, 5) is 15.8. The monoisotopic (exact) mass is 323 g/mol. The number of ether oxygens (including phenoxy) is 1. The standard InChI is InChI=1S/C14H18ClN5O2/c1-20-13(18-9-19-20)8-17-14(21)16-6-5-10-7-11(15)3-4-12(10)22-2/h3-4,7,9H,5-6,8H2,1-2H3,(H2,16,17,21). The van der Waals surface area contributed by atoms with E-state index in [9.17, 15) is 4.79 Å². The summed E-state index contributed by atoms with van der Waals surface area (Å²) in [6.07, 6.45) is 2.07. The Hall–Kier alpha value is -2.28. The molecule has 0 radical (unpaired) electrons. The zero-order valence-corrected chi connectivity index (χ0v) is 13.2. The number of nitrogens with zero attached hydrogens (tertiary/aromatic N) is 3. The molecule has 0 aliphatic carbocycles. The van der Waals surface area contributed by atoms with E-state index in [0.717, 1.165) is 11.3 Å². The van der Waals surface area contributed by atoms with Crippen molar-refractivity contribution in [1.29, 1.82) is 0 Å². The molecule has 0 atom stereocenters. The molecule has 0 bridgehead atoms. The van der Waals surface area contributed by atoms with Gasteiger partial charge in [0.1, 0.15) is 17.9 Å². The number of carbonyl (C=O) groups excluding carboxylic acids is 1. The number of urea groups is 1. The Morgan fingerprint density at radius 2 is 2.23 bits per heavy atom. The maximum atomic E-state index is 11.7. The largest absolute Gasteiger partial charge is 0.496 e. The molecule has 8 heteroatoms. The highest BCUT2D eigenvalue weighted by Gasteiger charge is 2.06. The van der Waals surface area contributed by atoms with Crippen LogP contribution in [0.15, 0.2) is 24.5 Å². The van der Waals surface area contributed by atoms with Gasteiger partial charge in [0, 0.05) is 18.6 Å². The normalized spacial score (nSPS) is 10.3. The Balaban J connectivity index is 1.77. The molecule has 118 valence electrons. The fourth-order valence-corrected chi connectivity index (χ4v) is 2.15. The SMILES string of the molecule is COc1ccc(Cl)cc1CCNC(=O)NCc1ncnn1C. The van der Waals surface area contributed by atoms with Crippen LogP contribution in [0.5, 0.6) is 5.75 Å². The molecule has 0 spiro atoms. The van der Waals surface area contributed by atoms with E-state index in [1.807, 2.05) is 12.1 Å². The average Bonchev–Trinajstić information content (AvgIpc) is 2.91. The average molecular weight is 324 g/mol. The number of hydrogen-bond acceptors (Lipinski definition) is 4. The lowest BCUT2D eigenvalue weighted by atomic mass is 10.1. The van der Waals surface area contributed by atoms with Crippen LogP contribution in [0.3, 0.4) is 0 Å². The second kappa shape index (κ2) is 7.65. The van der Waals surface area contributed by atoms with Gasteiger partial charge in [-0.15, -0.1) is 0 Å². The third kappa shape index (κ3) is 4.36. The lowest BCUT2D eigenvalue weighted by Gasteiger charge is -2.10. The highest BCUT2D eigenvalue weighted by molar-refractivity contribution is 6.30. The number of carbonyl (C=O) groups is 1. The Bertz CT molecular complexity index is 644. The first-order chi connectivity index (χ1) is 10.6. The zero-order chi connectivity index (χ0) is 15.9. The van der Waals surface area contributed by atoms with Crippen LogP contribution < -0.4 is 15.4 Å². The van der Waals surface area contributed by atoms with Gasteiger partial charge in [-0.25, -0.2) is 9.78 Å². The molecule has 2 N–H and O–H groups in total. The summed E-state index contributed by atoms with van der Waals surface area (Å²) < 4.78 is 6.87. The summed E-state index contributed by atoms with van der Waals surface area (Å²) in [5.41, 5.74) is 0.948. The van der Waals surface area contributed by atoms with Crippen LogP contribution >= 0.6 is 11.6 Å². The highest BCUT2D eigenvalue weighted by atomic mass is 35.5. The number of aromatic nitrogens is 3. The molecule has 0 fully saturated rings. The molecule has 1 aromatic heterocycles. The van der Waals surface area contributed by atoms with Crippen LogP contribution in [-0.2, 0) is 20.0 Å². The number of benzene rings is 1. The van der Waals surface area contributed by atoms with Crippen molar-refractivity contribution in [2.24, 2.45) is 7.05 Å². The van der Waals surface area contributed by atoms with Crippen LogP contribution in [0.1, 0.15) is 11.4 Å². The topological polar surface area (TPSA) is 81.1 Å². The smallest absolute Gasteiger partial charge is 0.315 e. The van der Waals surface area contributed by atoms with Crippen LogP contribution in [0.2, 0.25) is 5.02 Å². The minimum absolute atomic E-state index is 0.260. The summed E-state index contributed by atoms with van der Waals surface area (Å²) in [7, 11) is 3.38. The molecule has 22 heavy (non-hydrogen) atoms. The van der Waals surface area contributed by atoms with Gasteiger partial charge in [0.05, 0.1) is 13.7 Å². The molecular weight excluding hydrogens is 306 g/mol. The van der Waals surface area contributed by atoms with E-state index in [4.69, 9.17) is 16.3 Å². The van der Waals surface area contributed by atoms with E-state index in [2.05, 4.69) is 20.7 Å². The number of rotatable bonds is 6. The van der Waals surface area contributed by atoms with E-state index in [1.54, 1.807) is 24.9 Å². The van der Waals surface area contributed by atoms with Gasteiger partial charge in [0.15, 0.2) is 0 Å². The van der Waals surface area contributed by atoms with Crippen molar-refractivity contribution in [3.05, 3.63) is 40.9 Å². The van der Waals surface area contributed by atoms with E-state index in [-0.39, 0.29) is 6.03 Å². The first-order valence-electron chi connectivity index (χ1n) is 6.77. The van der Waals surface area contributed by atoms with Crippen molar-refractivity contribution in [2.75, 3.05) is 13.7 Å². The number of nitrogens with one attached hydrogen (secondary N) is 2. The van der Waals surface area contributed by atoms with Gasteiger partial charge >= 0.3 is 6.03 Å². The lowest BCUT2D eigenvalue weighted by molar-refractivity contribution is 0.240. The minimum Gasteiger partial charge on any atom is -0.496 e. The zero-order valence-electron chi connectivity index (χ0n) is 12.5. The van der Waals surface area contributed by atoms with Crippen LogP contribution in [0.4, 0.5) is 4.79 Å². The number of aryl methyl sites for hydroxylation is 1. The molecule has 0 aliphatic heterocycles. The van der Waals surface area contributed by atoms with Crippen molar-refractivity contribution in [1.82, 2.24) is 25.4 Å². The molecular formula is C14H18ClN5O2. The molecule has 1 heterocycles. The molecule has 2 aromatic rings. The molecule has 0 aliphatic rings. The molecule has 0 unspecified atom stereocenters. The fourth-order valence-electron chi connectivity index (χ4n) is 1.96. The van der Waals surface area contributed by atoms with Gasteiger partial charge in [-0.1, -0.05) is 11.6 Å². The predicted molar refractivity (Wildman–Crippen MR) is 82.9 cm³/mol. The van der Waals surface area contributed by atoms with E-state index >= 15 is 0 Å². The van der Waals surface area contributed by atoms with Gasteiger partial charge < -0.3 is 15.4 Å². The van der Waals surface area contributed by atoms with Crippen LogP contribution in [0.25, 0.3) is 0 Å². The van der Waals surface area contributed by atoms with Crippen LogP contribution in [0, 0.1) is 0 Å². The van der Waals surface area contributed by atoms with Crippen molar-refractivity contribution in [3.63, 3.8) is 0 Å². The Kier molecular flexibility index (Phi) is 5.60. The lowest BCUT2D eigenvalue weighted by Crippen LogP contribution is -2.36. The van der Waals surface area contributed by atoms with Crippen molar-refractivity contribution in [3.8, 4) is 5.75 Å². The molecule has 1 aromatic carbocycles. The maximum absolute atomic E-state index is 11.7. The van der Waals surface area contributed by atoms with E-state index in [1.165, 1.54) is 6.33 Å². The Labute approximate surface area is 133 Å². The fraction of sp³-hybridized carbons (Fsp3) is 0.357. The second-order valence-corrected chi connectivity index (χ2v) is 5.05. The molecule has 2 rings (SSSR count). The van der Waals surface area contributed by atoms with Crippen molar-refractivity contribution in [2.45, 2.75) is 13.0 Å². The Morgan fingerprint density at radius 3 is 2.91 bits per heavy atom. The third-order valence-electron chi connectivity index (χ3n) is 3.13. The van der Waals surface area contributed by atoms with Crippen molar-refractivity contribution >= 4 is 17.6 Å². The van der Waals surface area contributed by atoms with Crippen molar-refractivity contribution < 1.29 is 9.53 Å². The molecule has 0 saturated heterocycles. The van der Waals surface area contributed by atoms with Gasteiger partial charge in [-0.2, -0.15) is 5.10 Å². The third-order valence-corrected chi connectivity index (χ3v) is 3.37. The number of amides is 2. The predicted octanol–water partition coefficient (Wildman–Crippen LogP) is 1.52. The number of methoxy groups -OCH3 is 1. The first kappa shape index (κ1) is 16.1. The minimum atomic E-state index is -0.260. The van der Waals surface area contributed by atoms with E-state index in [0.29, 0.717) is 30.4 Å². The molecule has 0 saturated carbocycles. The highest BCUT2D eigenvalue weighted by Crippen LogP contribution is 2.22. The number of hydrogen-bond donors (Lipinski definition) is 2. The Morgan fingerprint density at radius 1 is 1.41 bits per heavy atom. The van der Waals surface area contributed by atoms with Gasteiger partial charge in [0.2, 0.25) is 0 Å². The van der Waals surface area contributed by atoms with Gasteiger partial charge in [-0.05, 0) is 30.2 Å². The summed E-state index contributed by atoms with van der Waals surface area (Å²) >= 11 is 5.97. The summed E-state index contributed by atoms with van der Waals surface area (Å²) in [5.74, 6) is 1.44. The molecule has 2 amide bonds.